The van der Waals surface area contributed by atoms with E-state index in [0.717, 1.165) is 29.8 Å². The molecule has 1 atom stereocenters. The van der Waals surface area contributed by atoms with E-state index in [0.29, 0.717) is 46.6 Å². The van der Waals surface area contributed by atoms with Gasteiger partial charge < -0.3 is 20.4 Å². The van der Waals surface area contributed by atoms with E-state index >= 15 is 0 Å². The van der Waals surface area contributed by atoms with E-state index in [1.54, 1.807) is 24.4 Å². The summed E-state index contributed by atoms with van der Waals surface area (Å²) in [6.45, 7) is 10.6. The fourth-order valence-electron chi connectivity index (χ4n) is 4.56. The normalized spacial score (nSPS) is 17.5. The Balaban J connectivity index is 1.51. The lowest BCUT2D eigenvalue weighted by atomic mass is 9.84. The molecule has 4 heterocycles. The average molecular weight is 536 g/mol. The van der Waals surface area contributed by atoms with Crippen molar-refractivity contribution in [3.63, 3.8) is 0 Å². The maximum absolute atomic E-state index is 12.9. The molecule has 1 unspecified atom stereocenters. The molecule has 1 aromatic carbocycles. The van der Waals surface area contributed by atoms with E-state index in [-0.39, 0.29) is 16.4 Å². The maximum atomic E-state index is 12.9. The smallest absolute Gasteiger partial charge is 0.181 e. The Hall–Kier alpha value is -3.57. The van der Waals surface area contributed by atoms with Crippen molar-refractivity contribution >= 4 is 44.0 Å². The van der Waals surface area contributed by atoms with E-state index in [2.05, 4.69) is 49.4 Å². The molecule has 1 fully saturated rings. The van der Waals surface area contributed by atoms with E-state index in [9.17, 15) is 8.42 Å². The van der Waals surface area contributed by atoms with Crippen molar-refractivity contribution < 1.29 is 13.2 Å². The summed E-state index contributed by atoms with van der Waals surface area (Å²) in [5.74, 6) is 1.74. The second kappa shape index (κ2) is 9.63. The number of benzene rings is 1. The zero-order chi connectivity index (χ0) is 27.2. The number of nitrogens with one attached hydrogen (secondary N) is 3. The molecule has 1 saturated heterocycles. The summed E-state index contributed by atoms with van der Waals surface area (Å²) in [4.78, 5) is 21.4. The van der Waals surface area contributed by atoms with Crippen LogP contribution >= 0.6 is 0 Å². The lowest BCUT2D eigenvalue weighted by Gasteiger charge is -2.34. The molecule has 4 aromatic rings. The highest BCUT2D eigenvalue weighted by Crippen LogP contribution is 2.39. The van der Waals surface area contributed by atoms with E-state index in [4.69, 9.17) is 4.74 Å². The van der Waals surface area contributed by atoms with Crippen LogP contribution in [0.25, 0.3) is 11.2 Å². The number of pyridine rings is 1. The number of nitrogens with zero attached hydrogens (tertiary/aromatic N) is 4. The quantitative estimate of drug-likeness (QED) is 0.295. The van der Waals surface area contributed by atoms with Crippen molar-refractivity contribution in [3.05, 3.63) is 53.2 Å². The van der Waals surface area contributed by atoms with Crippen molar-refractivity contribution in [1.82, 2.24) is 24.9 Å². The van der Waals surface area contributed by atoms with Crippen LogP contribution in [0.15, 0.2) is 35.4 Å². The van der Waals surface area contributed by atoms with Gasteiger partial charge in [0.2, 0.25) is 0 Å². The van der Waals surface area contributed by atoms with Gasteiger partial charge in [0.15, 0.2) is 15.5 Å². The van der Waals surface area contributed by atoms with Gasteiger partial charge in [-0.15, -0.1) is 0 Å². The number of rotatable bonds is 6. The number of H-pyrrole nitrogens is 1. The molecule has 200 valence electrons. The van der Waals surface area contributed by atoms with Gasteiger partial charge in [-0.25, -0.2) is 23.4 Å². The first-order valence-corrected chi connectivity index (χ1v) is 14.4. The van der Waals surface area contributed by atoms with E-state index in [1.807, 2.05) is 26.8 Å². The summed E-state index contributed by atoms with van der Waals surface area (Å²) < 4.78 is 31.9. The van der Waals surface area contributed by atoms with Gasteiger partial charge in [0.05, 0.1) is 46.6 Å². The number of fused-ring (bicyclic) bond motifs is 1. The summed E-state index contributed by atoms with van der Waals surface area (Å²) in [5.41, 5.74) is 4.90. The van der Waals surface area contributed by atoms with Gasteiger partial charge in [0.25, 0.3) is 0 Å². The molecule has 3 aromatic heterocycles. The molecule has 3 N–H and O–H groups in total. The van der Waals surface area contributed by atoms with Crippen LogP contribution in [0.5, 0.6) is 0 Å². The molecule has 0 aliphatic carbocycles. The average Bonchev–Trinajstić information content (AvgIpc) is 3.21. The maximum Gasteiger partial charge on any atom is 0.181 e. The van der Waals surface area contributed by atoms with Crippen LogP contribution in [-0.4, -0.2) is 46.2 Å². The lowest BCUT2D eigenvalue weighted by molar-refractivity contribution is -0.0499. The fraction of sp³-hybridized carbons (Fsp3) is 0.407. The molecule has 1 aliphatic rings. The SMILES string of the molecule is Cc1nc2nc(Nc3cnc(C)c(C)n3)cc(Nc3ccc(C4CCC(C)(C)CO4)cc3S(C)(=O)=O)c2[nH]1. The highest BCUT2D eigenvalue weighted by molar-refractivity contribution is 7.90. The minimum Gasteiger partial charge on any atom is -0.373 e. The monoisotopic (exact) mass is 535 g/mol. The van der Waals surface area contributed by atoms with Crippen molar-refractivity contribution in [3.8, 4) is 0 Å². The topological polar surface area (TPSA) is 135 Å². The van der Waals surface area contributed by atoms with Crippen LogP contribution in [0.4, 0.5) is 23.0 Å². The van der Waals surface area contributed by atoms with Crippen LogP contribution in [0.1, 0.15) is 55.6 Å². The van der Waals surface area contributed by atoms with Crippen LogP contribution in [0, 0.1) is 26.2 Å². The summed E-state index contributed by atoms with van der Waals surface area (Å²) in [5, 5.41) is 6.51. The molecule has 0 bridgehead atoms. The Bertz CT molecular complexity index is 1620. The van der Waals surface area contributed by atoms with Crippen molar-refractivity contribution in [2.75, 3.05) is 23.5 Å². The molecule has 0 amide bonds. The number of sulfone groups is 1. The summed E-state index contributed by atoms with van der Waals surface area (Å²) in [6, 6.07) is 7.25. The molecule has 0 spiro atoms. The van der Waals surface area contributed by atoms with Crippen molar-refractivity contribution in [2.45, 2.75) is 58.5 Å². The number of hydrogen-bond acceptors (Lipinski definition) is 9. The first kappa shape index (κ1) is 26.1. The van der Waals surface area contributed by atoms with Gasteiger partial charge in [-0.3, -0.25) is 4.98 Å². The number of aromatic amines is 1. The summed E-state index contributed by atoms with van der Waals surface area (Å²) >= 11 is 0. The second-order valence-corrected chi connectivity index (χ2v) is 12.8. The second-order valence-electron chi connectivity index (χ2n) is 10.8. The number of aryl methyl sites for hydroxylation is 3. The molecule has 1 aliphatic heterocycles. The van der Waals surface area contributed by atoms with Gasteiger partial charge in [-0.2, -0.15) is 0 Å². The minimum absolute atomic E-state index is 0.126. The van der Waals surface area contributed by atoms with E-state index < -0.39 is 9.84 Å². The highest BCUT2D eigenvalue weighted by atomic mass is 32.2. The molecule has 11 heteroatoms. The van der Waals surface area contributed by atoms with Crippen molar-refractivity contribution in [1.29, 1.82) is 0 Å². The lowest BCUT2D eigenvalue weighted by Crippen LogP contribution is -2.27. The number of imidazole rings is 1. The number of aromatic nitrogens is 5. The van der Waals surface area contributed by atoms with Crippen molar-refractivity contribution in [2.24, 2.45) is 5.41 Å². The van der Waals surface area contributed by atoms with Gasteiger partial charge in [0, 0.05) is 12.3 Å². The Morgan fingerprint density at radius 2 is 1.79 bits per heavy atom. The fourth-order valence-corrected chi connectivity index (χ4v) is 5.43. The molecule has 10 nitrogen and oxygen atoms in total. The molecule has 0 saturated carbocycles. The summed E-state index contributed by atoms with van der Waals surface area (Å²) in [7, 11) is -3.55. The Morgan fingerprint density at radius 3 is 2.47 bits per heavy atom. The highest BCUT2D eigenvalue weighted by Gasteiger charge is 2.29. The predicted octanol–water partition coefficient (Wildman–Crippen LogP) is 5.44. The Morgan fingerprint density at radius 1 is 1.00 bits per heavy atom. The molecular weight excluding hydrogens is 502 g/mol. The Kier molecular flexibility index (Phi) is 6.60. The predicted molar refractivity (Wildman–Crippen MR) is 148 cm³/mol. The standard InChI is InChI=1S/C27H33N7O3S/c1-15-16(2)29-24(13-28-15)33-23-12-20(25-26(34-23)31-17(3)30-25)32-19-8-7-18(11-22(19)38(6,35)36)21-9-10-27(4,5)14-37-21/h7-8,11-13,21H,9-10,14H2,1-6H3,(H3,29,30,31,32,33,34). The molecule has 0 radical (unpaired) electrons. The first-order chi connectivity index (χ1) is 17.9. The van der Waals surface area contributed by atoms with Gasteiger partial charge in [-0.05, 0) is 56.7 Å². The zero-order valence-electron chi connectivity index (χ0n) is 22.5. The van der Waals surface area contributed by atoms with Crippen LogP contribution in [0.2, 0.25) is 0 Å². The van der Waals surface area contributed by atoms with Crippen LogP contribution in [0.3, 0.4) is 0 Å². The van der Waals surface area contributed by atoms with E-state index in [1.165, 1.54) is 6.26 Å². The van der Waals surface area contributed by atoms with Gasteiger partial charge in [-0.1, -0.05) is 19.9 Å². The first-order valence-electron chi connectivity index (χ1n) is 12.6. The number of anilines is 4. The van der Waals surface area contributed by atoms with Gasteiger partial charge in [0.1, 0.15) is 23.0 Å². The zero-order valence-corrected chi connectivity index (χ0v) is 23.3. The minimum atomic E-state index is -3.55. The number of ether oxygens (including phenoxy) is 1. The third-order valence-electron chi connectivity index (χ3n) is 6.83. The largest absolute Gasteiger partial charge is 0.373 e. The van der Waals surface area contributed by atoms with Crippen LogP contribution in [-0.2, 0) is 14.6 Å². The third kappa shape index (κ3) is 5.48. The molecule has 38 heavy (non-hydrogen) atoms. The number of hydrogen-bond donors (Lipinski definition) is 3. The molecular formula is C27H33N7O3S. The van der Waals surface area contributed by atoms with Crippen LogP contribution < -0.4 is 10.6 Å². The Labute approximate surface area is 222 Å². The van der Waals surface area contributed by atoms with Gasteiger partial charge >= 0.3 is 0 Å². The summed E-state index contributed by atoms with van der Waals surface area (Å²) in [6.07, 6.45) is 4.59. The third-order valence-corrected chi connectivity index (χ3v) is 7.97. The molecule has 5 rings (SSSR count).